The van der Waals surface area contributed by atoms with Crippen molar-refractivity contribution in [2.24, 2.45) is 0 Å². The third-order valence-electron chi connectivity index (χ3n) is 7.81. The monoisotopic (exact) mass is 482 g/mol. The number of nitriles is 1. The van der Waals surface area contributed by atoms with Gasteiger partial charge < -0.3 is 19.9 Å². The van der Waals surface area contributed by atoms with Crippen LogP contribution in [0.2, 0.25) is 0 Å². The number of anilines is 2. The Bertz CT molecular complexity index is 1280. The fraction of sp³-hybridized carbons (Fsp3) is 0.448. The maximum absolute atomic E-state index is 9.51. The normalized spacial score (nSPS) is 22.9. The predicted molar refractivity (Wildman–Crippen MR) is 144 cm³/mol. The minimum atomic E-state index is 0.150. The highest BCUT2D eigenvalue weighted by Gasteiger charge is 2.29. The van der Waals surface area contributed by atoms with Crippen LogP contribution >= 0.6 is 0 Å². The van der Waals surface area contributed by atoms with Crippen molar-refractivity contribution in [1.29, 1.82) is 5.26 Å². The van der Waals surface area contributed by atoms with Crippen molar-refractivity contribution in [1.82, 2.24) is 15.2 Å². The van der Waals surface area contributed by atoms with Crippen LogP contribution in [0.3, 0.4) is 0 Å². The number of hydrogen-bond acceptors (Lipinski definition) is 7. The van der Waals surface area contributed by atoms with Gasteiger partial charge in [-0.1, -0.05) is 6.07 Å². The van der Waals surface area contributed by atoms with E-state index in [9.17, 15) is 5.26 Å². The molecular formula is C29H34N6O. The molecule has 2 unspecified atom stereocenters. The quantitative estimate of drug-likeness (QED) is 0.613. The third kappa shape index (κ3) is 4.64. The van der Waals surface area contributed by atoms with Crippen molar-refractivity contribution in [3.05, 3.63) is 65.4 Å². The first-order chi connectivity index (χ1) is 17.7. The number of hydrogen-bond donors (Lipinski definition) is 1. The van der Waals surface area contributed by atoms with Gasteiger partial charge in [0.05, 0.1) is 23.3 Å². The van der Waals surface area contributed by atoms with Gasteiger partial charge >= 0.3 is 0 Å². The van der Waals surface area contributed by atoms with Crippen molar-refractivity contribution in [3.63, 3.8) is 0 Å². The molecule has 1 N–H and O–H groups in total. The summed E-state index contributed by atoms with van der Waals surface area (Å²) in [6.45, 7) is 11.1. The number of benzene rings is 2. The van der Waals surface area contributed by atoms with Crippen LogP contribution in [0.1, 0.15) is 23.6 Å². The Morgan fingerprint density at radius 3 is 2.81 bits per heavy atom. The first-order valence-electron chi connectivity index (χ1n) is 13.2. The van der Waals surface area contributed by atoms with Gasteiger partial charge in [0, 0.05) is 75.3 Å². The molecule has 3 aliphatic rings. The molecule has 0 amide bonds. The van der Waals surface area contributed by atoms with Gasteiger partial charge in [-0.3, -0.25) is 9.88 Å². The molecule has 0 saturated carbocycles. The molecule has 7 heteroatoms. The Hall–Kier alpha value is -3.18. The minimum absolute atomic E-state index is 0.150. The van der Waals surface area contributed by atoms with Gasteiger partial charge in [0.1, 0.15) is 6.07 Å². The lowest BCUT2D eigenvalue weighted by Crippen LogP contribution is -2.54. The summed E-state index contributed by atoms with van der Waals surface area (Å²) in [6.07, 6.45) is 3.19. The molecule has 0 radical (unpaired) electrons. The fourth-order valence-corrected chi connectivity index (χ4v) is 6.00. The van der Waals surface area contributed by atoms with E-state index >= 15 is 0 Å². The smallest absolute Gasteiger partial charge is 0.101 e. The standard InChI is InChI=1S/C29H34N6O/c1-21-18-35(28-7-5-23(16-30)29-27(28)3-2-9-32-29)20-26(36-21)19-33-11-13-34(14-12-33)25-6-4-24-17-31-10-8-22(24)15-25/h2-7,9,15,21,26,31H,8,10-14,17-20H2,1H3. The summed E-state index contributed by atoms with van der Waals surface area (Å²) in [5.74, 6) is 0. The van der Waals surface area contributed by atoms with Crippen LogP contribution < -0.4 is 15.1 Å². The summed E-state index contributed by atoms with van der Waals surface area (Å²) in [6, 6.07) is 17.3. The summed E-state index contributed by atoms with van der Waals surface area (Å²) in [5, 5.41) is 14.0. The number of rotatable bonds is 4. The maximum Gasteiger partial charge on any atom is 0.101 e. The van der Waals surface area contributed by atoms with E-state index in [1.165, 1.54) is 16.8 Å². The van der Waals surface area contributed by atoms with E-state index in [1.807, 2.05) is 12.1 Å². The Balaban J connectivity index is 1.11. The average Bonchev–Trinajstić information content (AvgIpc) is 2.92. The fourth-order valence-electron chi connectivity index (χ4n) is 6.00. The second-order valence-corrected chi connectivity index (χ2v) is 10.3. The van der Waals surface area contributed by atoms with Gasteiger partial charge in [0.2, 0.25) is 0 Å². The lowest BCUT2D eigenvalue weighted by molar-refractivity contribution is -0.0327. The lowest BCUT2D eigenvalue weighted by atomic mass is 10.00. The van der Waals surface area contributed by atoms with E-state index in [0.29, 0.717) is 5.56 Å². The molecule has 0 aliphatic carbocycles. The van der Waals surface area contributed by atoms with Gasteiger partial charge in [0.25, 0.3) is 0 Å². The largest absolute Gasteiger partial charge is 0.370 e. The number of ether oxygens (including phenoxy) is 1. The highest BCUT2D eigenvalue weighted by Crippen LogP contribution is 2.30. The molecule has 3 aliphatic heterocycles. The molecule has 1 aromatic heterocycles. The zero-order chi connectivity index (χ0) is 24.5. The number of nitrogens with one attached hydrogen (secondary N) is 1. The Morgan fingerprint density at radius 1 is 1.06 bits per heavy atom. The molecule has 2 aromatic carbocycles. The van der Waals surface area contributed by atoms with Gasteiger partial charge in [-0.05, 0) is 67.4 Å². The molecule has 36 heavy (non-hydrogen) atoms. The van der Waals surface area contributed by atoms with Gasteiger partial charge in [-0.25, -0.2) is 0 Å². The third-order valence-corrected chi connectivity index (χ3v) is 7.81. The van der Waals surface area contributed by atoms with Crippen molar-refractivity contribution >= 4 is 22.3 Å². The van der Waals surface area contributed by atoms with E-state index < -0.39 is 0 Å². The average molecular weight is 483 g/mol. The number of nitrogens with zero attached hydrogens (tertiary/aromatic N) is 5. The summed E-state index contributed by atoms with van der Waals surface area (Å²) in [7, 11) is 0. The molecule has 6 rings (SSSR count). The Kier molecular flexibility index (Phi) is 6.49. The summed E-state index contributed by atoms with van der Waals surface area (Å²) >= 11 is 0. The van der Waals surface area contributed by atoms with E-state index in [-0.39, 0.29) is 12.2 Å². The molecule has 3 aromatic rings. The van der Waals surface area contributed by atoms with Crippen LogP contribution in [0.15, 0.2) is 48.7 Å². The van der Waals surface area contributed by atoms with Gasteiger partial charge in [-0.2, -0.15) is 5.26 Å². The van der Waals surface area contributed by atoms with Crippen LogP contribution in [-0.4, -0.2) is 74.4 Å². The predicted octanol–water partition coefficient (Wildman–Crippen LogP) is 3.17. The number of morpholine rings is 1. The Labute approximate surface area is 213 Å². The number of aromatic nitrogens is 1. The Morgan fingerprint density at radius 2 is 1.94 bits per heavy atom. The lowest BCUT2D eigenvalue weighted by Gasteiger charge is -2.42. The number of pyridine rings is 1. The SMILES string of the molecule is CC1CN(c2ccc(C#N)c3ncccc23)CC(CN2CCN(c3ccc4c(c3)CCNC4)CC2)O1. The van der Waals surface area contributed by atoms with Crippen LogP contribution in [0.5, 0.6) is 0 Å². The molecule has 2 saturated heterocycles. The first-order valence-corrected chi connectivity index (χ1v) is 13.2. The molecule has 186 valence electrons. The van der Waals surface area contributed by atoms with E-state index in [4.69, 9.17) is 4.74 Å². The van der Waals surface area contributed by atoms with Crippen LogP contribution in [0, 0.1) is 11.3 Å². The van der Waals surface area contributed by atoms with Crippen molar-refractivity contribution in [2.75, 3.05) is 62.2 Å². The highest BCUT2D eigenvalue weighted by atomic mass is 16.5. The van der Waals surface area contributed by atoms with Crippen molar-refractivity contribution in [3.8, 4) is 6.07 Å². The maximum atomic E-state index is 9.51. The molecule has 7 nitrogen and oxygen atoms in total. The molecule has 0 spiro atoms. The summed E-state index contributed by atoms with van der Waals surface area (Å²) in [5.41, 5.74) is 6.87. The molecule has 0 bridgehead atoms. The van der Waals surface area contributed by atoms with E-state index in [1.54, 1.807) is 6.20 Å². The minimum Gasteiger partial charge on any atom is -0.370 e. The zero-order valence-corrected chi connectivity index (χ0v) is 21.0. The van der Waals surface area contributed by atoms with E-state index in [0.717, 1.165) is 81.9 Å². The van der Waals surface area contributed by atoms with E-state index in [2.05, 4.69) is 68.3 Å². The topological polar surface area (TPSA) is 67.7 Å². The second kappa shape index (κ2) is 10.1. The van der Waals surface area contributed by atoms with Gasteiger partial charge in [-0.15, -0.1) is 0 Å². The van der Waals surface area contributed by atoms with Crippen molar-refractivity contribution < 1.29 is 4.74 Å². The summed E-state index contributed by atoms with van der Waals surface area (Å²) < 4.78 is 6.40. The highest BCUT2D eigenvalue weighted by molar-refractivity contribution is 5.95. The number of piperazine rings is 1. The zero-order valence-electron chi connectivity index (χ0n) is 21.0. The van der Waals surface area contributed by atoms with Crippen LogP contribution in [0.25, 0.3) is 10.9 Å². The molecule has 4 heterocycles. The van der Waals surface area contributed by atoms with Crippen LogP contribution in [0.4, 0.5) is 11.4 Å². The second-order valence-electron chi connectivity index (χ2n) is 10.3. The number of fused-ring (bicyclic) bond motifs is 2. The van der Waals surface area contributed by atoms with Crippen molar-refractivity contribution in [2.45, 2.75) is 32.1 Å². The van der Waals surface area contributed by atoms with Gasteiger partial charge in [0.15, 0.2) is 0 Å². The summed E-state index contributed by atoms with van der Waals surface area (Å²) in [4.78, 5) is 12.0. The molecule has 2 fully saturated rings. The molecule has 2 atom stereocenters. The first kappa shape index (κ1) is 23.2. The molecular weight excluding hydrogens is 448 g/mol. The van der Waals surface area contributed by atoms with Crippen LogP contribution in [-0.2, 0) is 17.7 Å².